The third-order valence-electron chi connectivity index (χ3n) is 7.25. The highest BCUT2D eigenvalue weighted by atomic mass is 16.2. The summed E-state index contributed by atoms with van der Waals surface area (Å²) in [6.07, 6.45) is 6.22. The van der Waals surface area contributed by atoms with Gasteiger partial charge in [-0.05, 0) is 62.9 Å². The van der Waals surface area contributed by atoms with Gasteiger partial charge >= 0.3 is 0 Å². The van der Waals surface area contributed by atoms with Crippen LogP contribution < -0.4 is 10.9 Å². The van der Waals surface area contributed by atoms with E-state index in [0.717, 1.165) is 48.3 Å². The molecule has 2 aromatic heterocycles. The van der Waals surface area contributed by atoms with Crippen LogP contribution in [0.2, 0.25) is 0 Å². The lowest BCUT2D eigenvalue weighted by Gasteiger charge is -2.32. The molecular weight excluding hydrogens is 438 g/mol. The van der Waals surface area contributed by atoms with Gasteiger partial charge in [0.25, 0.3) is 5.56 Å². The molecule has 0 spiro atoms. The minimum Gasteiger partial charge on any atom is -0.354 e. The normalized spacial score (nSPS) is 15.1. The van der Waals surface area contributed by atoms with Crippen molar-refractivity contribution in [2.75, 3.05) is 26.2 Å². The van der Waals surface area contributed by atoms with E-state index in [4.69, 9.17) is 0 Å². The van der Waals surface area contributed by atoms with E-state index in [0.29, 0.717) is 12.1 Å². The van der Waals surface area contributed by atoms with E-state index in [9.17, 15) is 9.59 Å². The van der Waals surface area contributed by atoms with Crippen molar-refractivity contribution in [1.29, 1.82) is 0 Å². The molecule has 3 heterocycles. The molecule has 182 valence electrons. The Labute approximate surface area is 205 Å². The van der Waals surface area contributed by atoms with Gasteiger partial charge in [0.15, 0.2) is 0 Å². The topological polar surface area (TPSA) is 72.2 Å². The number of aromatic nitrogens is 3. The molecule has 4 aromatic rings. The lowest BCUT2D eigenvalue weighted by molar-refractivity contribution is -0.121. The molecule has 0 radical (unpaired) electrons. The third kappa shape index (κ3) is 5.15. The quantitative estimate of drug-likeness (QED) is 0.400. The van der Waals surface area contributed by atoms with E-state index >= 15 is 0 Å². The van der Waals surface area contributed by atoms with Crippen LogP contribution in [0.25, 0.3) is 21.8 Å². The van der Waals surface area contributed by atoms with Gasteiger partial charge in [-0.3, -0.25) is 9.59 Å². The fourth-order valence-corrected chi connectivity index (χ4v) is 5.31. The second-order valence-electron chi connectivity index (χ2n) is 9.62. The molecule has 0 atom stereocenters. The molecule has 1 aliphatic heterocycles. The molecule has 7 nitrogen and oxygen atoms in total. The molecule has 5 rings (SSSR count). The maximum Gasteiger partial charge on any atom is 0.291 e. The molecule has 0 unspecified atom stereocenters. The Morgan fingerprint density at radius 3 is 2.57 bits per heavy atom. The van der Waals surface area contributed by atoms with Crippen molar-refractivity contribution >= 4 is 27.7 Å². The zero-order chi connectivity index (χ0) is 24.2. The van der Waals surface area contributed by atoms with Crippen molar-refractivity contribution in [3.05, 3.63) is 76.7 Å². The summed E-state index contributed by atoms with van der Waals surface area (Å²) in [5, 5.41) is 9.04. The second-order valence-corrected chi connectivity index (χ2v) is 9.62. The zero-order valence-corrected chi connectivity index (χ0v) is 20.3. The van der Waals surface area contributed by atoms with Crippen LogP contribution in [0.5, 0.6) is 0 Å². The molecule has 35 heavy (non-hydrogen) atoms. The van der Waals surface area contributed by atoms with Crippen LogP contribution in [-0.2, 0) is 24.8 Å². The van der Waals surface area contributed by atoms with Crippen molar-refractivity contribution in [1.82, 2.24) is 24.6 Å². The van der Waals surface area contributed by atoms with E-state index in [1.165, 1.54) is 29.5 Å². The molecule has 0 bridgehead atoms. The summed E-state index contributed by atoms with van der Waals surface area (Å²) >= 11 is 0. The summed E-state index contributed by atoms with van der Waals surface area (Å²) in [5.41, 5.74) is 2.74. The fraction of sp³-hybridized carbons (Fsp3) is 0.393. The number of nitrogens with one attached hydrogen (secondary N) is 1. The van der Waals surface area contributed by atoms with Crippen molar-refractivity contribution in [2.24, 2.45) is 13.0 Å². The Bertz CT molecular complexity index is 1370. The number of para-hydroxylation sites is 1. The highest BCUT2D eigenvalue weighted by molar-refractivity contribution is 6.07. The number of carbonyl (C=O) groups excluding carboxylic acids is 1. The van der Waals surface area contributed by atoms with E-state index in [1.807, 2.05) is 35.9 Å². The molecule has 7 heteroatoms. The van der Waals surface area contributed by atoms with Crippen molar-refractivity contribution in [3.8, 4) is 0 Å². The summed E-state index contributed by atoms with van der Waals surface area (Å²) in [7, 11) is 1.88. The third-order valence-corrected chi connectivity index (χ3v) is 7.25. The van der Waals surface area contributed by atoms with Gasteiger partial charge < -0.3 is 14.8 Å². The number of hydrogen-bond donors (Lipinski definition) is 1. The highest BCUT2D eigenvalue weighted by Crippen LogP contribution is 2.25. The number of piperidine rings is 1. The van der Waals surface area contributed by atoms with Gasteiger partial charge in [0, 0.05) is 29.9 Å². The average molecular weight is 472 g/mol. The number of fused-ring (bicyclic) bond motifs is 3. The average Bonchev–Trinajstić information content (AvgIpc) is 3.18. The summed E-state index contributed by atoms with van der Waals surface area (Å²) in [6, 6.07) is 18.6. The van der Waals surface area contributed by atoms with Gasteiger partial charge in [-0.1, -0.05) is 48.5 Å². The smallest absolute Gasteiger partial charge is 0.291 e. The summed E-state index contributed by atoms with van der Waals surface area (Å²) in [5.74, 6) is 0.581. The van der Waals surface area contributed by atoms with E-state index in [1.54, 1.807) is 6.20 Å². The van der Waals surface area contributed by atoms with Crippen LogP contribution in [0.4, 0.5) is 0 Å². The lowest BCUT2D eigenvalue weighted by atomic mass is 9.90. The van der Waals surface area contributed by atoms with Crippen molar-refractivity contribution in [3.63, 3.8) is 0 Å². The first kappa shape index (κ1) is 23.3. The Morgan fingerprint density at radius 1 is 1.03 bits per heavy atom. The van der Waals surface area contributed by atoms with Crippen LogP contribution in [-0.4, -0.2) is 51.3 Å². The second kappa shape index (κ2) is 10.4. The number of carbonyl (C=O) groups is 1. The maximum atomic E-state index is 13.0. The van der Waals surface area contributed by atoms with Crippen LogP contribution >= 0.6 is 0 Å². The number of amides is 1. The number of nitrogens with zero attached hydrogens (tertiary/aromatic N) is 4. The van der Waals surface area contributed by atoms with E-state index in [-0.39, 0.29) is 18.0 Å². The minimum absolute atomic E-state index is 0.0683. The molecular formula is C28H33N5O2. The number of benzene rings is 2. The van der Waals surface area contributed by atoms with E-state index < -0.39 is 0 Å². The predicted molar refractivity (Wildman–Crippen MR) is 139 cm³/mol. The summed E-state index contributed by atoms with van der Waals surface area (Å²) in [6.45, 7) is 3.76. The van der Waals surface area contributed by atoms with Crippen molar-refractivity contribution in [2.45, 2.75) is 32.2 Å². The van der Waals surface area contributed by atoms with Gasteiger partial charge in [0.1, 0.15) is 12.1 Å². The number of aryl methyl sites for hydroxylation is 1. The first-order valence-electron chi connectivity index (χ1n) is 12.6. The molecule has 1 N–H and O–H groups in total. The zero-order valence-electron chi connectivity index (χ0n) is 20.3. The Morgan fingerprint density at radius 2 is 1.77 bits per heavy atom. The highest BCUT2D eigenvalue weighted by Gasteiger charge is 2.19. The molecule has 0 saturated carbocycles. The van der Waals surface area contributed by atoms with Crippen LogP contribution in [0.1, 0.15) is 24.8 Å². The summed E-state index contributed by atoms with van der Waals surface area (Å²) < 4.78 is 3.14. The van der Waals surface area contributed by atoms with Crippen molar-refractivity contribution < 1.29 is 4.79 Å². The summed E-state index contributed by atoms with van der Waals surface area (Å²) in [4.78, 5) is 28.0. The molecule has 2 aromatic carbocycles. The predicted octanol–water partition coefficient (Wildman–Crippen LogP) is 3.35. The van der Waals surface area contributed by atoms with Gasteiger partial charge in [-0.15, -0.1) is 0 Å². The standard InChI is InChI=1S/C28H33N5O2/c1-31-25-11-6-5-10-23(25)24-19-30-33(28(35)27(24)31)20-26(34)29-14-7-15-32-16-12-22(13-17-32)18-21-8-3-2-4-9-21/h2-6,8-11,19,22H,7,12-18,20H2,1H3,(H,29,34). The number of likely N-dealkylation sites (tertiary alicyclic amines) is 1. The fourth-order valence-electron chi connectivity index (χ4n) is 5.31. The van der Waals surface area contributed by atoms with Crippen LogP contribution in [0.3, 0.4) is 0 Å². The van der Waals surface area contributed by atoms with E-state index in [2.05, 4.69) is 45.6 Å². The van der Waals surface area contributed by atoms with Gasteiger partial charge in [-0.2, -0.15) is 5.10 Å². The number of rotatable bonds is 8. The van der Waals surface area contributed by atoms with Crippen LogP contribution in [0.15, 0.2) is 65.6 Å². The van der Waals surface area contributed by atoms with Gasteiger partial charge in [-0.25, -0.2) is 4.68 Å². The maximum absolute atomic E-state index is 13.0. The van der Waals surface area contributed by atoms with Crippen LogP contribution in [0, 0.1) is 5.92 Å². The Hall–Kier alpha value is -3.45. The minimum atomic E-state index is -0.241. The molecule has 0 aliphatic carbocycles. The number of hydrogen-bond acceptors (Lipinski definition) is 4. The van der Waals surface area contributed by atoms with Gasteiger partial charge in [0.05, 0.1) is 6.20 Å². The Balaban J connectivity index is 1.08. The first-order valence-corrected chi connectivity index (χ1v) is 12.6. The van der Waals surface area contributed by atoms with Gasteiger partial charge in [0.2, 0.25) is 5.91 Å². The monoisotopic (exact) mass is 471 g/mol. The largest absolute Gasteiger partial charge is 0.354 e. The molecule has 1 amide bonds. The first-order chi connectivity index (χ1) is 17.1. The Kier molecular flexibility index (Phi) is 6.95. The molecule has 1 fully saturated rings. The molecule has 1 aliphatic rings. The molecule has 1 saturated heterocycles. The lowest BCUT2D eigenvalue weighted by Crippen LogP contribution is -2.37. The SMILES string of the molecule is Cn1c2ccccc2c2cnn(CC(=O)NCCCN3CCC(Cc4ccccc4)CC3)c(=O)c21.